The van der Waals surface area contributed by atoms with Crippen LogP contribution in [0.4, 0.5) is 5.69 Å². The Balaban J connectivity index is 0.00000300. The third-order valence-corrected chi connectivity index (χ3v) is 5.19. The van der Waals surface area contributed by atoms with E-state index in [9.17, 15) is 13.7 Å². The van der Waals surface area contributed by atoms with E-state index in [4.69, 9.17) is 4.74 Å². The minimum atomic E-state index is -3.34. The summed E-state index contributed by atoms with van der Waals surface area (Å²) in [7, 11) is -1.71. The van der Waals surface area contributed by atoms with Crippen molar-refractivity contribution in [2.45, 2.75) is 26.3 Å². The first-order chi connectivity index (χ1) is 13.4. The number of nitrogens with one attached hydrogen (secondary N) is 1. The van der Waals surface area contributed by atoms with Gasteiger partial charge in [0.15, 0.2) is 0 Å². The molecule has 3 aromatic rings. The Hall–Kier alpha value is -2.98. The summed E-state index contributed by atoms with van der Waals surface area (Å²) in [4.78, 5) is 0. The van der Waals surface area contributed by atoms with Crippen LogP contribution in [0.5, 0.6) is 5.75 Å². The molecule has 148 valence electrons. The molecule has 0 fully saturated rings. The van der Waals surface area contributed by atoms with Crippen LogP contribution in [0.25, 0.3) is 22.2 Å². The van der Waals surface area contributed by atoms with Crippen molar-refractivity contribution in [3.05, 3.63) is 48.0 Å². The Labute approximate surface area is 166 Å². The average Bonchev–Trinajstić information content (AvgIpc) is 2.98. The number of methoxy groups -OCH3 is 1. The van der Waals surface area contributed by atoms with E-state index in [1.165, 1.54) is 0 Å². The number of hydrogen-bond donors (Lipinski definition) is 1. The normalized spacial score (nSPS) is 11.4. The first-order valence-electron chi connectivity index (χ1n) is 9.06. The van der Waals surface area contributed by atoms with Crippen molar-refractivity contribution in [3.63, 3.8) is 0 Å². The zero-order valence-electron chi connectivity index (χ0n) is 16.2. The van der Waals surface area contributed by atoms with E-state index >= 15 is 0 Å². The van der Waals surface area contributed by atoms with Crippen LogP contribution in [0, 0.1) is 11.3 Å². The minimum Gasteiger partial charge on any atom is -0.497 e. The van der Waals surface area contributed by atoms with Crippen molar-refractivity contribution >= 4 is 26.6 Å². The van der Waals surface area contributed by atoms with Crippen molar-refractivity contribution in [1.29, 1.82) is 5.26 Å². The van der Waals surface area contributed by atoms with Gasteiger partial charge in [0.1, 0.15) is 11.8 Å². The predicted octanol–water partition coefficient (Wildman–Crippen LogP) is 4.61. The molecule has 3 rings (SSSR count). The molecular formula is C21H25N3O3S. The van der Waals surface area contributed by atoms with E-state index in [2.05, 4.69) is 22.3 Å². The molecule has 0 bridgehead atoms. The summed E-state index contributed by atoms with van der Waals surface area (Å²) in [6, 6.07) is 15.2. The number of anilines is 1. The largest absolute Gasteiger partial charge is 0.497 e. The highest BCUT2D eigenvalue weighted by atomic mass is 32.2. The van der Waals surface area contributed by atoms with Crippen molar-refractivity contribution < 1.29 is 14.6 Å². The molecular weight excluding hydrogens is 374 g/mol. The molecule has 0 aliphatic carbocycles. The molecule has 2 aromatic carbocycles. The Bertz CT molecular complexity index is 1150. The number of fused-ring (bicyclic) bond motifs is 1. The van der Waals surface area contributed by atoms with Crippen molar-refractivity contribution in [2.24, 2.45) is 0 Å². The lowest BCUT2D eigenvalue weighted by Gasteiger charge is -2.12. The van der Waals surface area contributed by atoms with Crippen LogP contribution in [0.2, 0.25) is 0 Å². The third-order valence-electron chi connectivity index (χ3n) is 4.58. The van der Waals surface area contributed by atoms with Gasteiger partial charge in [-0.1, -0.05) is 25.5 Å². The molecule has 1 N–H and O–H groups in total. The van der Waals surface area contributed by atoms with E-state index in [1.54, 1.807) is 19.2 Å². The zero-order chi connectivity index (χ0) is 20.3. The van der Waals surface area contributed by atoms with Crippen LogP contribution in [-0.4, -0.2) is 26.4 Å². The molecule has 0 aliphatic heterocycles. The summed E-state index contributed by atoms with van der Waals surface area (Å²) in [5, 5.41) is 10.7. The van der Waals surface area contributed by atoms with Gasteiger partial charge in [0.05, 0.1) is 30.1 Å². The zero-order valence-corrected chi connectivity index (χ0v) is 17.0. The summed E-state index contributed by atoms with van der Waals surface area (Å²) in [6.07, 6.45) is 3.12. The second-order valence-corrected chi connectivity index (χ2v) is 8.42. The van der Waals surface area contributed by atoms with Crippen LogP contribution < -0.4 is 9.46 Å². The second kappa shape index (κ2) is 7.95. The number of unbranched alkanes of at least 4 members (excludes halogenated alkanes) is 1. The average molecular weight is 400 g/mol. The Morgan fingerprint density at radius 2 is 1.93 bits per heavy atom. The molecule has 0 saturated carbocycles. The SMILES string of the molecule is CCCCn1c(-c2ccc(NS(C)(=O)=O)cc2)c(C#N)c2ccc(OC)cc21.[HH]. The molecule has 0 atom stereocenters. The van der Waals surface area contributed by atoms with Gasteiger partial charge < -0.3 is 9.30 Å². The molecule has 0 aliphatic rings. The van der Waals surface area contributed by atoms with Gasteiger partial charge in [-0.25, -0.2) is 8.42 Å². The highest BCUT2D eigenvalue weighted by molar-refractivity contribution is 7.92. The van der Waals surface area contributed by atoms with Gasteiger partial charge in [-0.15, -0.1) is 0 Å². The standard InChI is InChI=1S/C21H23N3O3S.H2/c1-4-5-12-24-20-13-17(27-2)10-11-18(20)19(14-22)21(24)15-6-8-16(9-7-15)23-28(3,25)26;/h6-11,13,23H,4-5,12H2,1-3H3;1H. The van der Waals surface area contributed by atoms with E-state index in [0.717, 1.165) is 53.6 Å². The smallest absolute Gasteiger partial charge is 0.229 e. The number of aryl methyl sites for hydroxylation is 1. The van der Waals surface area contributed by atoms with Gasteiger partial charge in [0, 0.05) is 25.1 Å². The summed E-state index contributed by atoms with van der Waals surface area (Å²) in [5.74, 6) is 0.742. The quantitative estimate of drug-likeness (QED) is 0.629. The van der Waals surface area contributed by atoms with Crippen molar-refractivity contribution in [3.8, 4) is 23.1 Å². The summed E-state index contributed by atoms with van der Waals surface area (Å²) >= 11 is 0. The van der Waals surface area contributed by atoms with Crippen molar-refractivity contribution in [2.75, 3.05) is 18.1 Å². The molecule has 0 spiro atoms. The Morgan fingerprint density at radius 3 is 2.50 bits per heavy atom. The number of aromatic nitrogens is 1. The maximum atomic E-state index is 11.4. The van der Waals surface area contributed by atoms with E-state index in [1.807, 2.05) is 30.3 Å². The highest BCUT2D eigenvalue weighted by Gasteiger charge is 2.19. The molecule has 0 saturated heterocycles. The van der Waals surface area contributed by atoms with Crippen molar-refractivity contribution in [1.82, 2.24) is 4.57 Å². The van der Waals surface area contributed by atoms with Gasteiger partial charge in [0.2, 0.25) is 10.0 Å². The molecule has 0 unspecified atom stereocenters. The summed E-state index contributed by atoms with van der Waals surface area (Å²) in [5.41, 5.74) is 3.75. The second-order valence-electron chi connectivity index (χ2n) is 6.68. The van der Waals surface area contributed by atoms with Gasteiger partial charge >= 0.3 is 0 Å². The maximum absolute atomic E-state index is 11.4. The number of ether oxygens (including phenoxy) is 1. The molecule has 1 heterocycles. The number of benzene rings is 2. The number of sulfonamides is 1. The third kappa shape index (κ3) is 3.97. The summed E-state index contributed by atoms with van der Waals surface area (Å²) in [6.45, 7) is 2.91. The predicted molar refractivity (Wildman–Crippen MR) is 114 cm³/mol. The van der Waals surface area contributed by atoms with E-state index < -0.39 is 10.0 Å². The van der Waals surface area contributed by atoms with Crippen LogP contribution in [0.15, 0.2) is 42.5 Å². The maximum Gasteiger partial charge on any atom is 0.229 e. The van der Waals surface area contributed by atoms with Gasteiger partial charge in [-0.2, -0.15) is 5.26 Å². The lowest BCUT2D eigenvalue weighted by atomic mass is 10.1. The molecule has 7 heteroatoms. The van der Waals surface area contributed by atoms with E-state index in [0.29, 0.717) is 11.3 Å². The Kier molecular flexibility index (Phi) is 5.61. The fourth-order valence-electron chi connectivity index (χ4n) is 3.33. The number of hydrogen-bond acceptors (Lipinski definition) is 4. The van der Waals surface area contributed by atoms with Crippen LogP contribution in [-0.2, 0) is 16.6 Å². The summed E-state index contributed by atoms with van der Waals surface area (Å²) < 4.78 is 32.9. The lowest BCUT2D eigenvalue weighted by molar-refractivity contribution is 0.415. The van der Waals surface area contributed by atoms with Crippen LogP contribution in [0.3, 0.4) is 0 Å². The molecule has 1 aromatic heterocycles. The molecule has 28 heavy (non-hydrogen) atoms. The first-order valence-corrected chi connectivity index (χ1v) is 11.0. The van der Waals surface area contributed by atoms with Gasteiger partial charge in [-0.3, -0.25) is 4.72 Å². The van der Waals surface area contributed by atoms with E-state index in [-0.39, 0.29) is 1.43 Å². The number of nitriles is 1. The van der Waals surface area contributed by atoms with Crippen LogP contribution in [0.1, 0.15) is 26.8 Å². The fraction of sp³-hybridized carbons (Fsp3) is 0.286. The molecule has 0 amide bonds. The molecule has 0 radical (unpaired) electrons. The first kappa shape index (κ1) is 19.8. The monoisotopic (exact) mass is 399 g/mol. The highest BCUT2D eigenvalue weighted by Crippen LogP contribution is 2.36. The lowest BCUT2D eigenvalue weighted by Crippen LogP contribution is -2.09. The van der Waals surface area contributed by atoms with Crippen LogP contribution >= 0.6 is 0 Å². The van der Waals surface area contributed by atoms with Gasteiger partial charge in [0.25, 0.3) is 0 Å². The van der Waals surface area contributed by atoms with Gasteiger partial charge in [-0.05, 0) is 36.2 Å². The fourth-order valence-corrected chi connectivity index (χ4v) is 3.89. The molecule has 6 nitrogen and oxygen atoms in total. The number of nitrogens with zero attached hydrogens (tertiary/aromatic N) is 2. The minimum absolute atomic E-state index is 0. The topological polar surface area (TPSA) is 84.1 Å². The Morgan fingerprint density at radius 1 is 1.21 bits per heavy atom. The number of rotatable bonds is 7.